The number of para-hydroxylation sites is 1. The molecule has 0 atom stereocenters. The van der Waals surface area contributed by atoms with E-state index < -0.39 is 0 Å². The van der Waals surface area contributed by atoms with Crippen LogP contribution in [0.5, 0.6) is 0 Å². The van der Waals surface area contributed by atoms with E-state index in [0.717, 1.165) is 48.9 Å². The summed E-state index contributed by atoms with van der Waals surface area (Å²) in [6.45, 7) is 4.11. The number of rotatable bonds is 3. The van der Waals surface area contributed by atoms with Crippen LogP contribution < -0.4 is 5.32 Å². The molecule has 24 heavy (non-hydrogen) atoms. The zero-order valence-electron chi connectivity index (χ0n) is 13.5. The summed E-state index contributed by atoms with van der Waals surface area (Å²) in [5, 5.41) is 3.47. The van der Waals surface area contributed by atoms with Crippen molar-refractivity contribution in [1.82, 2.24) is 15.2 Å². The molecule has 2 saturated heterocycles. The number of carbonyl (C=O) groups is 1. The van der Waals surface area contributed by atoms with Gasteiger partial charge in [0.15, 0.2) is 4.34 Å². The molecule has 3 heterocycles. The number of halogens is 1. The minimum atomic E-state index is 0. The minimum Gasteiger partial charge on any atom is -0.342 e. The first-order chi connectivity index (χ1) is 11.2. The molecule has 1 spiro atoms. The number of aromatic nitrogens is 1. The molecule has 0 bridgehead atoms. The van der Waals surface area contributed by atoms with Gasteiger partial charge in [0.25, 0.3) is 0 Å². The molecule has 0 saturated carbocycles. The maximum absolute atomic E-state index is 12.5. The molecule has 0 unspecified atom stereocenters. The average molecular weight is 384 g/mol. The van der Waals surface area contributed by atoms with Crippen molar-refractivity contribution in [1.29, 1.82) is 0 Å². The number of thiazole rings is 1. The minimum absolute atomic E-state index is 0. The average Bonchev–Trinajstić information content (AvgIpc) is 3.20. The van der Waals surface area contributed by atoms with E-state index in [-0.39, 0.29) is 18.3 Å². The summed E-state index contributed by atoms with van der Waals surface area (Å²) in [4.78, 5) is 19.1. The van der Waals surface area contributed by atoms with E-state index in [0.29, 0.717) is 11.2 Å². The largest absolute Gasteiger partial charge is 0.342 e. The van der Waals surface area contributed by atoms with Gasteiger partial charge in [0.2, 0.25) is 5.91 Å². The number of likely N-dealkylation sites (tertiary alicyclic amines) is 1. The number of hydrogen-bond donors (Lipinski definition) is 1. The predicted octanol–water partition coefficient (Wildman–Crippen LogP) is 3.41. The third-order valence-electron chi connectivity index (χ3n) is 5.10. The molecule has 1 aromatic carbocycles. The Bertz CT molecular complexity index is 672. The molecule has 2 aliphatic heterocycles. The summed E-state index contributed by atoms with van der Waals surface area (Å²) >= 11 is 3.25. The molecule has 4 nitrogen and oxygen atoms in total. The molecule has 2 aliphatic rings. The number of nitrogens with zero attached hydrogens (tertiary/aromatic N) is 2. The van der Waals surface area contributed by atoms with Crippen molar-refractivity contribution in [3.8, 4) is 0 Å². The molecule has 0 aliphatic carbocycles. The molecule has 1 N–H and O–H groups in total. The fraction of sp³-hybridized carbons (Fsp3) is 0.529. The zero-order valence-corrected chi connectivity index (χ0v) is 15.9. The second-order valence-electron chi connectivity index (χ2n) is 6.54. The number of benzene rings is 1. The van der Waals surface area contributed by atoms with Gasteiger partial charge >= 0.3 is 0 Å². The lowest BCUT2D eigenvalue weighted by atomic mass is 9.78. The van der Waals surface area contributed by atoms with E-state index >= 15 is 0 Å². The van der Waals surface area contributed by atoms with Gasteiger partial charge in [-0.15, -0.1) is 23.7 Å². The molecule has 0 radical (unpaired) electrons. The highest BCUT2D eigenvalue weighted by atomic mass is 35.5. The van der Waals surface area contributed by atoms with Crippen molar-refractivity contribution in [3.05, 3.63) is 24.3 Å². The molecule has 1 aromatic heterocycles. The van der Waals surface area contributed by atoms with Crippen molar-refractivity contribution >= 4 is 51.6 Å². The third kappa shape index (κ3) is 3.72. The Balaban J connectivity index is 0.00000169. The molecule has 2 fully saturated rings. The SMILES string of the molecule is Cl.O=C(CSc1nc2ccccc2s1)N1CCC2(CCNC2)CC1. The van der Waals surface area contributed by atoms with E-state index in [4.69, 9.17) is 0 Å². The second kappa shape index (κ2) is 7.60. The Morgan fingerprint density at radius 1 is 1.29 bits per heavy atom. The predicted molar refractivity (Wildman–Crippen MR) is 103 cm³/mol. The fourth-order valence-corrected chi connectivity index (χ4v) is 5.55. The van der Waals surface area contributed by atoms with Crippen LogP contribution in [0.4, 0.5) is 0 Å². The van der Waals surface area contributed by atoms with Gasteiger partial charge in [-0.1, -0.05) is 23.9 Å². The molecule has 7 heteroatoms. The van der Waals surface area contributed by atoms with Crippen LogP contribution in [0.15, 0.2) is 28.6 Å². The van der Waals surface area contributed by atoms with Crippen molar-refractivity contribution in [3.63, 3.8) is 0 Å². The topological polar surface area (TPSA) is 45.2 Å². The molecule has 4 rings (SSSR count). The van der Waals surface area contributed by atoms with E-state index in [2.05, 4.69) is 16.4 Å². The highest BCUT2D eigenvalue weighted by Crippen LogP contribution is 2.37. The summed E-state index contributed by atoms with van der Waals surface area (Å²) < 4.78 is 2.18. The van der Waals surface area contributed by atoms with Crippen molar-refractivity contribution in [2.24, 2.45) is 5.41 Å². The summed E-state index contributed by atoms with van der Waals surface area (Å²) in [7, 11) is 0. The standard InChI is InChI=1S/C17H21N3OS2.ClH/c21-15(20-9-6-17(7-10-20)5-8-18-12-17)11-22-16-19-13-3-1-2-4-14(13)23-16;/h1-4,18H,5-12H2;1H. The van der Waals surface area contributed by atoms with Crippen molar-refractivity contribution < 1.29 is 4.79 Å². The smallest absolute Gasteiger partial charge is 0.233 e. The number of nitrogens with one attached hydrogen (secondary N) is 1. The normalized spacial score (nSPS) is 19.6. The second-order valence-corrected chi connectivity index (χ2v) is 8.80. The number of carbonyl (C=O) groups excluding carboxylic acids is 1. The lowest BCUT2D eigenvalue weighted by Gasteiger charge is -2.38. The summed E-state index contributed by atoms with van der Waals surface area (Å²) in [5.41, 5.74) is 1.50. The highest BCUT2D eigenvalue weighted by molar-refractivity contribution is 8.01. The van der Waals surface area contributed by atoms with Crippen LogP contribution in [-0.2, 0) is 4.79 Å². The summed E-state index contributed by atoms with van der Waals surface area (Å²) in [6, 6.07) is 8.14. The summed E-state index contributed by atoms with van der Waals surface area (Å²) in [5.74, 6) is 0.764. The van der Waals surface area contributed by atoms with Crippen LogP contribution >= 0.6 is 35.5 Å². The number of fused-ring (bicyclic) bond motifs is 1. The first-order valence-electron chi connectivity index (χ1n) is 8.21. The number of hydrogen-bond acceptors (Lipinski definition) is 5. The zero-order chi connectivity index (χ0) is 15.7. The Kier molecular flexibility index (Phi) is 5.70. The number of piperidine rings is 1. The van der Waals surface area contributed by atoms with Gasteiger partial charge in [-0.2, -0.15) is 0 Å². The molecular weight excluding hydrogens is 362 g/mol. The van der Waals surface area contributed by atoms with Crippen LogP contribution in [0.25, 0.3) is 10.2 Å². The lowest BCUT2D eigenvalue weighted by molar-refractivity contribution is -0.130. The molecular formula is C17H22ClN3OS2. The van der Waals surface area contributed by atoms with Gasteiger partial charge in [0.05, 0.1) is 16.0 Å². The molecule has 2 aromatic rings. The van der Waals surface area contributed by atoms with Crippen molar-refractivity contribution in [2.75, 3.05) is 31.9 Å². The van der Waals surface area contributed by atoms with Gasteiger partial charge in [-0.25, -0.2) is 4.98 Å². The van der Waals surface area contributed by atoms with Crippen LogP contribution in [0.1, 0.15) is 19.3 Å². The van der Waals surface area contributed by atoms with Crippen LogP contribution in [-0.4, -0.2) is 47.7 Å². The first-order valence-corrected chi connectivity index (χ1v) is 10.0. The monoisotopic (exact) mass is 383 g/mol. The van der Waals surface area contributed by atoms with Gasteiger partial charge in [0, 0.05) is 19.6 Å². The van der Waals surface area contributed by atoms with Crippen LogP contribution in [0, 0.1) is 5.41 Å². The van der Waals surface area contributed by atoms with Crippen LogP contribution in [0.2, 0.25) is 0 Å². The van der Waals surface area contributed by atoms with E-state index in [1.807, 2.05) is 23.1 Å². The fourth-order valence-electron chi connectivity index (χ4n) is 3.58. The van der Waals surface area contributed by atoms with Gasteiger partial charge in [0.1, 0.15) is 0 Å². The van der Waals surface area contributed by atoms with E-state index in [1.165, 1.54) is 11.1 Å². The number of thioether (sulfide) groups is 1. The van der Waals surface area contributed by atoms with E-state index in [1.54, 1.807) is 23.1 Å². The van der Waals surface area contributed by atoms with Gasteiger partial charge in [-0.3, -0.25) is 4.79 Å². The number of amides is 1. The Morgan fingerprint density at radius 2 is 2.08 bits per heavy atom. The van der Waals surface area contributed by atoms with Crippen LogP contribution in [0.3, 0.4) is 0 Å². The quantitative estimate of drug-likeness (QED) is 0.825. The molecule has 130 valence electrons. The lowest BCUT2D eigenvalue weighted by Crippen LogP contribution is -2.44. The Labute approximate surface area is 156 Å². The third-order valence-corrected chi connectivity index (χ3v) is 7.27. The van der Waals surface area contributed by atoms with E-state index in [9.17, 15) is 4.79 Å². The first kappa shape index (κ1) is 18.0. The summed E-state index contributed by atoms with van der Waals surface area (Å²) in [6.07, 6.45) is 3.57. The molecule has 1 amide bonds. The van der Waals surface area contributed by atoms with Crippen molar-refractivity contribution in [2.45, 2.75) is 23.6 Å². The highest BCUT2D eigenvalue weighted by Gasteiger charge is 2.37. The maximum atomic E-state index is 12.5. The Hall–Kier alpha value is -0.820. The van der Waals surface area contributed by atoms with Gasteiger partial charge in [-0.05, 0) is 43.4 Å². The Morgan fingerprint density at radius 3 is 2.79 bits per heavy atom. The van der Waals surface area contributed by atoms with Gasteiger partial charge < -0.3 is 10.2 Å². The maximum Gasteiger partial charge on any atom is 0.233 e.